The molecular formula is C27H38F2O11S. The molecule has 0 radical (unpaired) electrons. The van der Waals surface area contributed by atoms with Gasteiger partial charge in [-0.3, -0.25) is 23.7 Å². The molecule has 3 aliphatic carbocycles. The smallest absolute Gasteiger partial charge is 0.405 e. The third-order valence-electron chi connectivity index (χ3n) is 9.59. The molecule has 11 nitrogen and oxygen atoms in total. The van der Waals surface area contributed by atoms with Crippen molar-refractivity contribution in [3.05, 3.63) is 0 Å². The van der Waals surface area contributed by atoms with Crippen LogP contribution in [0.25, 0.3) is 0 Å². The predicted molar refractivity (Wildman–Crippen MR) is 136 cm³/mol. The van der Waals surface area contributed by atoms with Gasteiger partial charge in [-0.05, 0) is 44.9 Å². The van der Waals surface area contributed by atoms with Crippen LogP contribution >= 0.6 is 0 Å². The minimum absolute atomic E-state index is 0.227. The van der Waals surface area contributed by atoms with Gasteiger partial charge in [0.15, 0.2) is 6.10 Å². The molecule has 232 valence electrons. The van der Waals surface area contributed by atoms with E-state index in [0.29, 0.717) is 26.2 Å². The Hall–Kier alpha value is -2.35. The van der Waals surface area contributed by atoms with E-state index in [1.165, 1.54) is 0 Å². The highest BCUT2D eigenvalue weighted by Gasteiger charge is 2.70. The Kier molecular flexibility index (Phi) is 9.04. The summed E-state index contributed by atoms with van der Waals surface area (Å²) in [4.78, 5) is 51.0. The number of hydrogen-bond acceptors (Lipinski definition) is 10. The minimum atomic E-state index is -5.82. The van der Waals surface area contributed by atoms with Crippen molar-refractivity contribution in [3.63, 3.8) is 0 Å². The van der Waals surface area contributed by atoms with Gasteiger partial charge in [0.05, 0.1) is 24.7 Å². The van der Waals surface area contributed by atoms with Gasteiger partial charge in [0, 0.05) is 11.8 Å². The van der Waals surface area contributed by atoms with Gasteiger partial charge in [-0.2, -0.15) is 17.2 Å². The number of alkyl halides is 2. The highest BCUT2D eigenvalue weighted by molar-refractivity contribution is 7.86. The Morgan fingerprint density at radius 1 is 1.05 bits per heavy atom. The molecule has 14 heteroatoms. The van der Waals surface area contributed by atoms with Crippen molar-refractivity contribution < 1.29 is 59.9 Å². The Labute approximate surface area is 237 Å². The van der Waals surface area contributed by atoms with Crippen LogP contribution in [0.5, 0.6) is 0 Å². The summed E-state index contributed by atoms with van der Waals surface area (Å²) in [7, 11) is -5.82. The summed E-state index contributed by atoms with van der Waals surface area (Å²) >= 11 is 0. The number of halogens is 2. The summed E-state index contributed by atoms with van der Waals surface area (Å²) in [5.74, 6) is -5.35. The maximum atomic E-state index is 13.7. The summed E-state index contributed by atoms with van der Waals surface area (Å²) in [6, 6.07) is 0. The van der Waals surface area contributed by atoms with Crippen molar-refractivity contribution in [2.45, 2.75) is 114 Å². The van der Waals surface area contributed by atoms with Crippen LogP contribution < -0.4 is 0 Å². The predicted octanol–water partition coefficient (Wildman–Crippen LogP) is 3.58. The van der Waals surface area contributed by atoms with Crippen LogP contribution in [0.2, 0.25) is 0 Å². The lowest BCUT2D eigenvalue weighted by Crippen LogP contribution is -2.48. The van der Waals surface area contributed by atoms with Crippen molar-refractivity contribution in [1.29, 1.82) is 0 Å². The molecule has 7 atom stereocenters. The van der Waals surface area contributed by atoms with Gasteiger partial charge in [-0.25, -0.2) is 0 Å². The maximum absolute atomic E-state index is 13.7. The molecule has 4 aliphatic rings. The fourth-order valence-electron chi connectivity index (χ4n) is 7.37. The van der Waals surface area contributed by atoms with E-state index in [4.69, 9.17) is 18.8 Å². The Morgan fingerprint density at radius 3 is 2.24 bits per heavy atom. The van der Waals surface area contributed by atoms with Crippen LogP contribution in [0.4, 0.5) is 8.78 Å². The average Bonchev–Trinajstić information content (AvgIpc) is 3.54. The SMILES string of the molecule is CCC(CC)(OC(=O)C1C2CC3C(OC(=O)C31)C2OC(=O)CCC(=O)OC(C)C(F)(F)S(=O)(=O)O)C1CCCCC1. The summed E-state index contributed by atoms with van der Waals surface area (Å²) in [5, 5.41) is -4.73. The number of ether oxygens (including phenoxy) is 4. The third kappa shape index (κ3) is 5.82. The zero-order valence-electron chi connectivity index (χ0n) is 23.4. The molecule has 3 saturated carbocycles. The van der Waals surface area contributed by atoms with Gasteiger partial charge in [0.1, 0.15) is 17.8 Å². The molecule has 0 spiro atoms. The lowest BCUT2D eigenvalue weighted by atomic mass is 9.73. The van der Waals surface area contributed by atoms with Crippen molar-refractivity contribution in [2.24, 2.45) is 29.6 Å². The lowest BCUT2D eigenvalue weighted by Gasteiger charge is -2.42. The largest absolute Gasteiger partial charge is 0.459 e. The second-order valence-electron chi connectivity index (χ2n) is 11.7. The molecule has 0 aromatic heterocycles. The first-order valence-electron chi connectivity index (χ1n) is 14.3. The van der Waals surface area contributed by atoms with Gasteiger partial charge >= 0.3 is 39.2 Å². The number of fused-ring (bicyclic) bond motifs is 1. The third-order valence-corrected chi connectivity index (χ3v) is 10.6. The van der Waals surface area contributed by atoms with E-state index in [2.05, 4.69) is 4.74 Å². The van der Waals surface area contributed by atoms with Crippen LogP contribution in [0.15, 0.2) is 0 Å². The first-order valence-corrected chi connectivity index (χ1v) is 15.8. The van der Waals surface area contributed by atoms with Crippen molar-refractivity contribution >= 4 is 34.0 Å². The molecule has 1 heterocycles. The van der Waals surface area contributed by atoms with Crippen LogP contribution in [0.3, 0.4) is 0 Å². The number of rotatable bonds is 12. The van der Waals surface area contributed by atoms with Crippen LogP contribution in [0.1, 0.15) is 85.0 Å². The molecule has 0 aromatic rings. The standard InChI is InChI=1S/C27H38F2O11S/c1-4-26(5-2,15-9-7-6-8-10-15)40-25(33)21-17-13-16-20(21)24(32)39-23(16)22(17)38-19(31)12-11-18(30)37-14(3)27(28,29)41(34,35)36/h14-17,20-23H,4-13H2,1-3H3,(H,34,35,36). The second-order valence-corrected chi connectivity index (χ2v) is 13.2. The number of carbonyl (C=O) groups is 4. The van der Waals surface area contributed by atoms with E-state index in [1.54, 1.807) is 0 Å². The molecule has 1 aliphatic heterocycles. The molecule has 4 rings (SSSR count). The summed E-state index contributed by atoms with van der Waals surface area (Å²) < 4.78 is 79.2. The fourth-order valence-corrected chi connectivity index (χ4v) is 7.84. The molecule has 1 N–H and O–H groups in total. The van der Waals surface area contributed by atoms with Crippen molar-refractivity contribution in [3.8, 4) is 0 Å². The van der Waals surface area contributed by atoms with Crippen LogP contribution in [0, 0.1) is 29.6 Å². The summed E-state index contributed by atoms with van der Waals surface area (Å²) in [5.41, 5.74) is -0.642. The molecule has 1 saturated heterocycles. The normalized spacial score (nSPS) is 30.5. The van der Waals surface area contributed by atoms with Crippen molar-refractivity contribution in [2.75, 3.05) is 0 Å². The first-order chi connectivity index (χ1) is 19.2. The number of esters is 4. The first kappa shape index (κ1) is 31.6. The second kappa shape index (κ2) is 11.7. The molecular weight excluding hydrogens is 570 g/mol. The van der Waals surface area contributed by atoms with E-state index in [1.807, 2.05) is 13.8 Å². The molecule has 7 unspecified atom stereocenters. The summed E-state index contributed by atoms with van der Waals surface area (Å²) in [6.07, 6.45) is 1.48. The molecule has 2 bridgehead atoms. The fraction of sp³-hybridized carbons (Fsp3) is 0.852. The van der Waals surface area contributed by atoms with E-state index in [0.717, 1.165) is 32.1 Å². The quantitative estimate of drug-likeness (QED) is 0.196. The topological polar surface area (TPSA) is 160 Å². The van der Waals surface area contributed by atoms with E-state index in [9.17, 15) is 36.4 Å². The van der Waals surface area contributed by atoms with Crippen LogP contribution in [-0.2, 0) is 48.2 Å². The molecule has 0 aromatic carbocycles. The molecule has 41 heavy (non-hydrogen) atoms. The highest BCUT2D eigenvalue weighted by atomic mass is 32.2. The van der Waals surface area contributed by atoms with Gasteiger partial charge in [0.2, 0.25) is 0 Å². The van der Waals surface area contributed by atoms with Gasteiger partial charge in [-0.1, -0.05) is 33.1 Å². The zero-order valence-corrected chi connectivity index (χ0v) is 24.2. The Morgan fingerprint density at radius 2 is 1.66 bits per heavy atom. The number of hydrogen-bond donors (Lipinski definition) is 1. The van der Waals surface area contributed by atoms with E-state index < -0.39 is 93.8 Å². The summed E-state index contributed by atoms with van der Waals surface area (Å²) in [6.45, 7) is 4.57. The number of carbonyl (C=O) groups excluding carboxylic acids is 4. The van der Waals surface area contributed by atoms with Gasteiger partial charge in [-0.15, -0.1) is 0 Å². The zero-order chi connectivity index (χ0) is 30.3. The van der Waals surface area contributed by atoms with E-state index >= 15 is 0 Å². The molecule has 0 amide bonds. The lowest BCUT2D eigenvalue weighted by molar-refractivity contribution is -0.183. The van der Waals surface area contributed by atoms with Gasteiger partial charge in [0.25, 0.3) is 0 Å². The highest BCUT2D eigenvalue weighted by Crippen LogP contribution is 2.59. The molecule has 4 fully saturated rings. The Bertz CT molecular complexity index is 1150. The van der Waals surface area contributed by atoms with Gasteiger partial charge < -0.3 is 18.9 Å². The van der Waals surface area contributed by atoms with Crippen LogP contribution in [-0.4, -0.2) is 66.0 Å². The maximum Gasteiger partial charge on any atom is 0.405 e. The average molecular weight is 609 g/mol. The monoisotopic (exact) mass is 608 g/mol. The van der Waals surface area contributed by atoms with E-state index in [-0.39, 0.29) is 11.8 Å². The van der Waals surface area contributed by atoms with Crippen molar-refractivity contribution in [1.82, 2.24) is 0 Å². The Balaban J connectivity index is 1.39. The minimum Gasteiger partial charge on any atom is -0.459 e.